The van der Waals surface area contributed by atoms with Crippen molar-refractivity contribution in [3.8, 4) is 17.0 Å². The number of rotatable bonds is 6. The molecule has 5 rings (SSSR count). The molecule has 3 heterocycles. The number of nitrogens with one attached hydrogen (secondary N) is 1. The third kappa shape index (κ3) is 4.62. The van der Waals surface area contributed by atoms with Crippen LogP contribution < -0.4 is 21.4 Å². The minimum Gasteiger partial charge on any atom is -0.490 e. The summed E-state index contributed by atoms with van der Waals surface area (Å²) < 4.78 is 17.4. The Morgan fingerprint density at radius 1 is 1.11 bits per heavy atom. The molecule has 0 saturated carbocycles. The Morgan fingerprint density at radius 3 is 2.80 bits per heavy atom. The number of benzene rings is 2. The summed E-state index contributed by atoms with van der Waals surface area (Å²) in [6, 6.07) is 14.3. The first kappa shape index (κ1) is 23.0. The van der Waals surface area contributed by atoms with Gasteiger partial charge in [0, 0.05) is 20.6 Å². The van der Waals surface area contributed by atoms with E-state index < -0.39 is 11.3 Å². The van der Waals surface area contributed by atoms with E-state index in [2.05, 4.69) is 31.4 Å². The van der Waals surface area contributed by atoms with E-state index in [1.807, 2.05) is 31.2 Å². The molecule has 0 atom stereocenters. The summed E-state index contributed by atoms with van der Waals surface area (Å²) in [6.07, 6.45) is 0. The molecular formula is C25H18BrN3O5S. The quantitative estimate of drug-likeness (QED) is 0.156. The lowest BCUT2D eigenvalue weighted by Gasteiger charge is -2.07. The van der Waals surface area contributed by atoms with Crippen molar-refractivity contribution >= 4 is 60.0 Å². The van der Waals surface area contributed by atoms with Gasteiger partial charge in [0.1, 0.15) is 5.58 Å². The molecule has 3 aromatic heterocycles. The van der Waals surface area contributed by atoms with Crippen LogP contribution in [0.1, 0.15) is 19.4 Å². The van der Waals surface area contributed by atoms with Crippen molar-refractivity contribution in [3.05, 3.63) is 84.8 Å². The monoisotopic (exact) mass is 551 g/mol. The molecule has 1 N–H and O–H groups in total. The van der Waals surface area contributed by atoms with Gasteiger partial charge in [-0.25, -0.2) is 14.6 Å². The van der Waals surface area contributed by atoms with Gasteiger partial charge in [0.2, 0.25) is 5.13 Å². The lowest BCUT2D eigenvalue weighted by atomic mass is 10.1. The molecule has 0 radical (unpaired) electrons. The van der Waals surface area contributed by atoms with Gasteiger partial charge < -0.3 is 13.6 Å². The molecule has 0 bridgehead atoms. The highest BCUT2D eigenvalue weighted by Crippen LogP contribution is 2.27. The number of para-hydroxylation sites is 1. The molecular weight excluding hydrogens is 534 g/mol. The minimum atomic E-state index is -0.521. The number of hydrogen-bond acceptors (Lipinski definition) is 9. The van der Waals surface area contributed by atoms with Crippen molar-refractivity contribution in [2.75, 3.05) is 12.0 Å². The van der Waals surface area contributed by atoms with Gasteiger partial charge in [-0.05, 0) is 50.2 Å². The van der Waals surface area contributed by atoms with Crippen molar-refractivity contribution < 1.29 is 13.6 Å². The van der Waals surface area contributed by atoms with Gasteiger partial charge in [0.25, 0.3) is 0 Å². The van der Waals surface area contributed by atoms with Gasteiger partial charge in [-0.3, -0.25) is 5.43 Å². The summed E-state index contributed by atoms with van der Waals surface area (Å²) in [5, 5.41) is 8.00. The third-order valence-corrected chi connectivity index (χ3v) is 6.45. The Labute approximate surface area is 211 Å². The van der Waals surface area contributed by atoms with Crippen molar-refractivity contribution in [2.45, 2.75) is 13.8 Å². The molecule has 0 aliphatic carbocycles. The van der Waals surface area contributed by atoms with Crippen LogP contribution in [-0.2, 0) is 0 Å². The molecule has 8 nitrogen and oxygen atoms in total. The Kier molecular flexibility index (Phi) is 6.23. The number of aromatic nitrogens is 1. The highest BCUT2D eigenvalue weighted by atomic mass is 79.9. The smallest absolute Gasteiger partial charge is 0.345 e. The molecule has 35 heavy (non-hydrogen) atoms. The zero-order chi connectivity index (χ0) is 24.5. The molecule has 0 aliphatic rings. The summed E-state index contributed by atoms with van der Waals surface area (Å²) in [7, 11) is 0. The van der Waals surface area contributed by atoms with Crippen LogP contribution in [0.3, 0.4) is 0 Å². The third-order valence-electron chi connectivity index (χ3n) is 5.21. The number of halogens is 1. The highest BCUT2D eigenvalue weighted by molar-refractivity contribution is 9.10. The Bertz CT molecular complexity index is 1720. The van der Waals surface area contributed by atoms with Crippen LogP contribution in [0, 0.1) is 0 Å². The van der Waals surface area contributed by atoms with E-state index in [9.17, 15) is 9.59 Å². The fraction of sp³-hybridized carbons (Fsp3) is 0.120. The number of hydrazone groups is 1. The first-order valence-corrected chi connectivity index (χ1v) is 12.3. The Balaban J connectivity index is 1.42. The van der Waals surface area contributed by atoms with Crippen LogP contribution in [-0.4, -0.2) is 17.3 Å². The van der Waals surface area contributed by atoms with Gasteiger partial charge in [-0.2, -0.15) is 5.10 Å². The normalized spacial score (nSPS) is 11.8. The summed E-state index contributed by atoms with van der Waals surface area (Å²) >= 11 is 4.70. The van der Waals surface area contributed by atoms with E-state index in [0.29, 0.717) is 51.2 Å². The van der Waals surface area contributed by atoms with Crippen molar-refractivity contribution in [1.29, 1.82) is 0 Å². The molecule has 0 unspecified atom stereocenters. The maximum Gasteiger partial charge on any atom is 0.345 e. The van der Waals surface area contributed by atoms with Crippen molar-refractivity contribution in [1.82, 2.24) is 4.98 Å². The number of fused-ring (bicyclic) bond motifs is 2. The average molecular weight is 552 g/mol. The van der Waals surface area contributed by atoms with Crippen LogP contribution in [0.15, 0.2) is 81.9 Å². The van der Waals surface area contributed by atoms with E-state index in [4.69, 9.17) is 13.6 Å². The van der Waals surface area contributed by atoms with Gasteiger partial charge in [-0.15, -0.1) is 11.3 Å². The lowest BCUT2D eigenvalue weighted by Crippen LogP contribution is -2.13. The second-order valence-electron chi connectivity index (χ2n) is 7.53. The maximum absolute atomic E-state index is 12.6. The standard InChI is InChI=1S/C25H18BrN3O5S/c1-3-32-21-6-4-5-14-10-17(23(30)34-22(14)21)13(2)28-29-25-27-19(12-35-25)18-11-15-9-16(26)7-8-20(15)33-24(18)31/h4-12H,3H2,1-2H3,(H,27,29)/b28-13+. The summed E-state index contributed by atoms with van der Waals surface area (Å²) in [5.74, 6) is 0.516. The Morgan fingerprint density at radius 2 is 1.97 bits per heavy atom. The summed E-state index contributed by atoms with van der Waals surface area (Å²) in [4.78, 5) is 29.5. The van der Waals surface area contributed by atoms with E-state index >= 15 is 0 Å². The number of hydrogen-bond donors (Lipinski definition) is 1. The van der Waals surface area contributed by atoms with E-state index in [1.54, 1.807) is 36.6 Å². The topological polar surface area (TPSA) is 107 Å². The lowest BCUT2D eigenvalue weighted by molar-refractivity contribution is 0.337. The molecule has 10 heteroatoms. The Hall–Kier alpha value is -3.76. The van der Waals surface area contributed by atoms with Crippen LogP contribution >= 0.6 is 27.3 Å². The zero-order valence-corrected chi connectivity index (χ0v) is 21.0. The van der Waals surface area contributed by atoms with Gasteiger partial charge >= 0.3 is 11.3 Å². The predicted molar refractivity (Wildman–Crippen MR) is 141 cm³/mol. The SMILES string of the molecule is CCOc1cccc2cc(/C(C)=N/Nc3nc(-c4cc5cc(Br)ccc5oc4=O)cs3)c(=O)oc12. The summed E-state index contributed by atoms with van der Waals surface area (Å²) in [6.45, 7) is 4.02. The van der Waals surface area contributed by atoms with Crippen LogP contribution in [0.25, 0.3) is 33.2 Å². The molecule has 2 aromatic carbocycles. The maximum atomic E-state index is 12.6. The second kappa shape index (κ2) is 9.47. The van der Waals surface area contributed by atoms with Gasteiger partial charge in [0.15, 0.2) is 11.3 Å². The average Bonchev–Trinajstić information content (AvgIpc) is 3.31. The number of ether oxygens (including phenoxy) is 1. The van der Waals surface area contributed by atoms with Crippen molar-refractivity contribution in [3.63, 3.8) is 0 Å². The molecule has 176 valence electrons. The molecule has 5 aromatic rings. The van der Waals surface area contributed by atoms with Gasteiger partial charge in [0.05, 0.1) is 29.1 Å². The number of anilines is 1. The molecule has 0 aliphatic heterocycles. The molecule has 0 saturated heterocycles. The first-order valence-electron chi connectivity index (χ1n) is 10.6. The first-order chi connectivity index (χ1) is 16.9. The van der Waals surface area contributed by atoms with Crippen LogP contribution in [0.2, 0.25) is 0 Å². The number of nitrogens with zero attached hydrogens (tertiary/aromatic N) is 2. The highest BCUT2D eigenvalue weighted by Gasteiger charge is 2.14. The van der Waals surface area contributed by atoms with E-state index in [0.717, 1.165) is 15.2 Å². The van der Waals surface area contributed by atoms with E-state index in [-0.39, 0.29) is 0 Å². The minimum absolute atomic E-state index is 0.316. The predicted octanol–water partition coefficient (Wildman–Crippen LogP) is 6.02. The zero-order valence-electron chi connectivity index (χ0n) is 18.6. The van der Waals surface area contributed by atoms with Crippen LogP contribution in [0.4, 0.5) is 5.13 Å². The number of thiazole rings is 1. The molecule has 0 fully saturated rings. The molecule has 0 amide bonds. The largest absolute Gasteiger partial charge is 0.490 e. The van der Waals surface area contributed by atoms with Crippen molar-refractivity contribution in [2.24, 2.45) is 5.10 Å². The summed E-state index contributed by atoms with van der Waals surface area (Å²) in [5.41, 5.74) is 4.31. The second-order valence-corrected chi connectivity index (χ2v) is 9.31. The van der Waals surface area contributed by atoms with Crippen LogP contribution in [0.5, 0.6) is 5.75 Å². The fourth-order valence-electron chi connectivity index (χ4n) is 3.55. The van der Waals surface area contributed by atoms with Gasteiger partial charge in [-0.1, -0.05) is 28.1 Å². The molecule has 0 spiro atoms. The van der Waals surface area contributed by atoms with E-state index in [1.165, 1.54) is 11.3 Å². The fourth-order valence-corrected chi connectivity index (χ4v) is 4.58.